The van der Waals surface area contributed by atoms with Gasteiger partial charge in [0.1, 0.15) is 5.75 Å². The van der Waals surface area contributed by atoms with E-state index in [1.165, 1.54) is 29.0 Å². The Morgan fingerprint density at radius 3 is 2.50 bits per heavy atom. The molecular weight excluding hydrogens is 352 g/mol. The van der Waals surface area contributed by atoms with E-state index in [0.717, 1.165) is 19.3 Å². The summed E-state index contributed by atoms with van der Waals surface area (Å²) in [7, 11) is -1.75. The SMILES string of the molecule is COc1ccc(NC(=O)CCN(CCC2=CCCCC2)S(C)(=O)=O)cc1. The van der Waals surface area contributed by atoms with Gasteiger partial charge in [0.2, 0.25) is 15.9 Å². The number of methoxy groups -OCH3 is 1. The predicted octanol–water partition coefficient (Wildman–Crippen LogP) is 3.18. The molecule has 1 aromatic carbocycles. The van der Waals surface area contributed by atoms with Gasteiger partial charge in [0.25, 0.3) is 0 Å². The molecule has 144 valence electrons. The van der Waals surface area contributed by atoms with Crippen LogP contribution >= 0.6 is 0 Å². The van der Waals surface area contributed by atoms with Crippen molar-refractivity contribution in [2.75, 3.05) is 31.8 Å². The minimum absolute atomic E-state index is 0.123. The summed E-state index contributed by atoms with van der Waals surface area (Å²) < 4.78 is 30.5. The maximum Gasteiger partial charge on any atom is 0.225 e. The highest BCUT2D eigenvalue weighted by molar-refractivity contribution is 7.88. The molecule has 1 aliphatic carbocycles. The van der Waals surface area contributed by atoms with Gasteiger partial charge >= 0.3 is 0 Å². The smallest absolute Gasteiger partial charge is 0.225 e. The molecule has 0 aromatic heterocycles. The summed E-state index contributed by atoms with van der Waals surface area (Å²) in [5.74, 6) is 0.504. The Morgan fingerprint density at radius 2 is 1.92 bits per heavy atom. The molecule has 1 aliphatic rings. The van der Waals surface area contributed by atoms with Gasteiger partial charge in [-0.2, -0.15) is 0 Å². The highest BCUT2D eigenvalue weighted by Crippen LogP contribution is 2.21. The lowest BCUT2D eigenvalue weighted by molar-refractivity contribution is -0.116. The Morgan fingerprint density at radius 1 is 1.19 bits per heavy atom. The van der Waals surface area contributed by atoms with Crippen LogP contribution in [0.3, 0.4) is 0 Å². The van der Waals surface area contributed by atoms with Crippen molar-refractivity contribution in [3.05, 3.63) is 35.9 Å². The minimum Gasteiger partial charge on any atom is -0.497 e. The Balaban J connectivity index is 1.85. The van der Waals surface area contributed by atoms with E-state index in [-0.39, 0.29) is 18.9 Å². The molecule has 0 spiro atoms. The largest absolute Gasteiger partial charge is 0.497 e. The lowest BCUT2D eigenvalue weighted by Crippen LogP contribution is -2.34. The van der Waals surface area contributed by atoms with Gasteiger partial charge in [0, 0.05) is 25.2 Å². The van der Waals surface area contributed by atoms with Crippen LogP contribution < -0.4 is 10.1 Å². The summed E-state index contributed by atoms with van der Waals surface area (Å²) in [6.07, 6.45) is 8.81. The number of carbonyl (C=O) groups excluding carboxylic acids is 1. The van der Waals surface area contributed by atoms with Gasteiger partial charge in [-0.05, 0) is 56.4 Å². The summed E-state index contributed by atoms with van der Waals surface area (Å²) in [5.41, 5.74) is 1.99. The van der Waals surface area contributed by atoms with E-state index in [1.54, 1.807) is 31.4 Å². The van der Waals surface area contributed by atoms with Crippen LogP contribution in [0.25, 0.3) is 0 Å². The number of rotatable bonds is 9. The molecule has 7 heteroatoms. The molecule has 1 aromatic rings. The number of amides is 1. The van der Waals surface area contributed by atoms with E-state index in [2.05, 4.69) is 11.4 Å². The fourth-order valence-corrected chi connectivity index (χ4v) is 3.81. The number of hydrogen-bond acceptors (Lipinski definition) is 4. The van der Waals surface area contributed by atoms with E-state index < -0.39 is 10.0 Å². The van der Waals surface area contributed by atoms with Crippen LogP contribution in [0.4, 0.5) is 5.69 Å². The van der Waals surface area contributed by atoms with Gasteiger partial charge in [0.05, 0.1) is 13.4 Å². The normalized spacial score (nSPS) is 14.8. The predicted molar refractivity (Wildman–Crippen MR) is 104 cm³/mol. The molecular formula is C19H28N2O4S. The van der Waals surface area contributed by atoms with Crippen molar-refractivity contribution in [3.63, 3.8) is 0 Å². The molecule has 0 atom stereocenters. The van der Waals surface area contributed by atoms with Crippen LogP contribution in [0.2, 0.25) is 0 Å². The zero-order chi connectivity index (χ0) is 19.0. The van der Waals surface area contributed by atoms with Crippen LogP contribution in [0.5, 0.6) is 5.75 Å². The van der Waals surface area contributed by atoms with Crippen molar-refractivity contribution in [2.45, 2.75) is 38.5 Å². The molecule has 2 rings (SSSR count). The fraction of sp³-hybridized carbons (Fsp3) is 0.526. The second-order valence-corrected chi connectivity index (χ2v) is 8.53. The van der Waals surface area contributed by atoms with Crippen molar-refractivity contribution in [1.29, 1.82) is 0 Å². The first kappa shape index (κ1) is 20.5. The highest BCUT2D eigenvalue weighted by atomic mass is 32.2. The molecule has 1 N–H and O–H groups in total. The van der Waals surface area contributed by atoms with Crippen LogP contribution in [-0.2, 0) is 14.8 Å². The average molecular weight is 381 g/mol. The van der Waals surface area contributed by atoms with Gasteiger partial charge in [-0.3, -0.25) is 4.79 Å². The number of allylic oxidation sites excluding steroid dienone is 1. The summed E-state index contributed by atoms with van der Waals surface area (Å²) in [4.78, 5) is 12.1. The summed E-state index contributed by atoms with van der Waals surface area (Å²) in [6, 6.07) is 7.02. The molecule has 0 unspecified atom stereocenters. The number of hydrogen-bond donors (Lipinski definition) is 1. The topological polar surface area (TPSA) is 75.7 Å². The molecule has 26 heavy (non-hydrogen) atoms. The number of ether oxygens (including phenoxy) is 1. The average Bonchev–Trinajstić information content (AvgIpc) is 2.62. The molecule has 0 aliphatic heterocycles. The van der Waals surface area contributed by atoms with Crippen molar-refractivity contribution in [3.8, 4) is 5.75 Å². The van der Waals surface area contributed by atoms with Gasteiger partial charge < -0.3 is 10.1 Å². The van der Waals surface area contributed by atoms with Crippen LogP contribution in [0.1, 0.15) is 38.5 Å². The van der Waals surface area contributed by atoms with E-state index in [0.29, 0.717) is 18.0 Å². The molecule has 0 radical (unpaired) electrons. The molecule has 0 heterocycles. The highest BCUT2D eigenvalue weighted by Gasteiger charge is 2.18. The number of nitrogens with zero attached hydrogens (tertiary/aromatic N) is 1. The molecule has 0 fully saturated rings. The Labute approximate surface area is 156 Å². The molecule has 0 saturated carbocycles. The Bertz CT molecular complexity index is 726. The fourth-order valence-electron chi connectivity index (χ4n) is 2.97. The van der Waals surface area contributed by atoms with Gasteiger partial charge in [0.15, 0.2) is 0 Å². The summed E-state index contributed by atoms with van der Waals surface area (Å²) in [5, 5.41) is 2.78. The van der Waals surface area contributed by atoms with Crippen LogP contribution in [-0.4, -0.2) is 45.1 Å². The van der Waals surface area contributed by atoms with Gasteiger partial charge in [-0.1, -0.05) is 11.6 Å². The third-order valence-electron chi connectivity index (χ3n) is 4.50. The van der Waals surface area contributed by atoms with E-state index in [9.17, 15) is 13.2 Å². The first-order chi connectivity index (χ1) is 12.4. The lowest BCUT2D eigenvalue weighted by Gasteiger charge is -2.21. The molecule has 0 saturated heterocycles. The molecule has 6 nitrogen and oxygen atoms in total. The summed E-state index contributed by atoms with van der Waals surface area (Å²) >= 11 is 0. The van der Waals surface area contributed by atoms with Crippen LogP contribution in [0.15, 0.2) is 35.9 Å². The van der Waals surface area contributed by atoms with Crippen molar-refractivity contribution >= 4 is 21.6 Å². The number of nitrogens with one attached hydrogen (secondary N) is 1. The third kappa shape index (κ3) is 6.80. The van der Waals surface area contributed by atoms with Gasteiger partial charge in [-0.25, -0.2) is 12.7 Å². The second kappa shape index (κ2) is 9.73. The lowest BCUT2D eigenvalue weighted by atomic mass is 9.97. The van der Waals surface area contributed by atoms with E-state index in [4.69, 9.17) is 4.74 Å². The summed E-state index contributed by atoms with van der Waals surface area (Å²) in [6.45, 7) is 0.620. The quantitative estimate of drug-likeness (QED) is 0.668. The number of sulfonamides is 1. The first-order valence-electron chi connectivity index (χ1n) is 8.95. The standard InChI is InChI=1S/C19H28N2O4S/c1-25-18-10-8-17(9-11-18)20-19(22)13-15-21(26(2,23)24)14-12-16-6-4-3-5-7-16/h6,8-11H,3-5,7,12-15H2,1-2H3,(H,20,22). The monoisotopic (exact) mass is 380 g/mol. The zero-order valence-corrected chi connectivity index (χ0v) is 16.3. The second-order valence-electron chi connectivity index (χ2n) is 6.55. The third-order valence-corrected chi connectivity index (χ3v) is 5.80. The van der Waals surface area contributed by atoms with Crippen LogP contribution in [0, 0.1) is 0 Å². The Kier molecular flexibility index (Phi) is 7.66. The number of carbonyl (C=O) groups is 1. The van der Waals surface area contributed by atoms with E-state index >= 15 is 0 Å². The van der Waals surface area contributed by atoms with Gasteiger partial charge in [-0.15, -0.1) is 0 Å². The van der Waals surface area contributed by atoms with Crippen molar-refractivity contribution in [1.82, 2.24) is 4.31 Å². The maximum absolute atomic E-state index is 12.1. The Hall–Kier alpha value is -1.86. The molecule has 0 bridgehead atoms. The minimum atomic E-state index is -3.33. The molecule has 1 amide bonds. The van der Waals surface area contributed by atoms with E-state index in [1.807, 2.05) is 0 Å². The first-order valence-corrected chi connectivity index (χ1v) is 10.8. The number of anilines is 1. The van der Waals surface area contributed by atoms with Crippen molar-refractivity contribution < 1.29 is 17.9 Å². The number of benzene rings is 1. The van der Waals surface area contributed by atoms with Crippen molar-refractivity contribution in [2.24, 2.45) is 0 Å². The zero-order valence-electron chi connectivity index (χ0n) is 15.5. The maximum atomic E-state index is 12.1.